The number of methoxy groups -OCH3 is 2. The Bertz CT molecular complexity index is 1070. The number of amides is 1. The average molecular weight is 427 g/mol. The van der Waals surface area contributed by atoms with Gasteiger partial charge in [-0.25, -0.2) is 9.97 Å². The molecule has 1 fully saturated rings. The number of carbonyl (C=O) groups is 1. The number of aryl methyl sites for hydroxylation is 2. The van der Waals surface area contributed by atoms with Crippen molar-refractivity contribution in [2.75, 3.05) is 32.6 Å². The molecule has 0 atom stereocenters. The van der Waals surface area contributed by atoms with Gasteiger partial charge in [0, 0.05) is 23.9 Å². The fourth-order valence-electron chi connectivity index (χ4n) is 3.44. The lowest BCUT2D eigenvalue weighted by Gasteiger charge is -2.14. The number of hydrogen-bond donors (Lipinski definition) is 2. The molecule has 0 aliphatic heterocycles. The molecule has 2 aromatic heterocycles. The van der Waals surface area contributed by atoms with E-state index in [-0.39, 0.29) is 5.91 Å². The van der Waals surface area contributed by atoms with E-state index in [4.69, 9.17) is 19.4 Å². The Balaban J connectivity index is 1.46. The molecule has 30 heavy (non-hydrogen) atoms. The standard InChI is InChI=1S/C22H26N4O3S/c1-12-13(2)30-22-17(12)20(25-19(26-22)14-8-9-14)23-10-11-24-21(27)18-15(28-3)6-5-7-16(18)29-4/h5-7,14H,8-11H2,1-4H3,(H,24,27)(H,23,25,26). The van der Waals surface area contributed by atoms with E-state index in [2.05, 4.69) is 24.5 Å². The second kappa shape index (κ2) is 8.47. The minimum Gasteiger partial charge on any atom is -0.496 e. The lowest BCUT2D eigenvalue weighted by molar-refractivity contribution is 0.0949. The van der Waals surface area contributed by atoms with Crippen LogP contribution < -0.4 is 20.1 Å². The highest BCUT2D eigenvalue weighted by atomic mass is 32.1. The van der Waals surface area contributed by atoms with Crippen molar-refractivity contribution in [3.8, 4) is 11.5 Å². The van der Waals surface area contributed by atoms with Crippen LogP contribution in [0.4, 0.5) is 5.82 Å². The maximum atomic E-state index is 12.7. The summed E-state index contributed by atoms with van der Waals surface area (Å²) in [7, 11) is 3.08. The van der Waals surface area contributed by atoms with Crippen molar-refractivity contribution >= 4 is 33.3 Å². The third-order valence-electron chi connectivity index (χ3n) is 5.35. The summed E-state index contributed by atoms with van der Waals surface area (Å²) < 4.78 is 10.6. The van der Waals surface area contributed by atoms with E-state index in [1.807, 2.05) is 0 Å². The Morgan fingerprint density at radius 2 is 1.83 bits per heavy atom. The average Bonchev–Trinajstić information content (AvgIpc) is 3.56. The van der Waals surface area contributed by atoms with Gasteiger partial charge in [-0.2, -0.15) is 0 Å². The predicted molar refractivity (Wildman–Crippen MR) is 119 cm³/mol. The number of aromatic nitrogens is 2. The van der Waals surface area contributed by atoms with Crippen LogP contribution in [-0.4, -0.2) is 43.2 Å². The van der Waals surface area contributed by atoms with Crippen molar-refractivity contribution in [3.63, 3.8) is 0 Å². The molecule has 4 rings (SSSR count). The van der Waals surface area contributed by atoms with Crippen molar-refractivity contribution in [3.05, 3.63) is 40.0 Å². The highest BCUT2D eigenvalue weighted by Crippen LogP contribution is 2.41. The van der Waals surface area contributed by atoms with Gasteiger partial charge in [-0.1, -0.05) is 6.07 Å². The first-order valence-corrected chi connectivity index (χ1v) is 10.9. The summed E-state index contributed by atoms with van der Waals surface area (Å²) in [5, 5.41) is 7.42. The zero-order chi connectivity index (χ0) is 21.3. The van der Waals surface area contributed by atoms with Gasteiger partial charge in [-0.05, 0) is 44.4 Å². The number of ether oxygens (including phenoxy) is 2. The van der Waals surface area contributed by atoms with E-state index in [0.29, 0.717) is 36.1 Å². The monoisotopic (exact) mass is 426 g/mol. The smallest absolute Gasteiger partial charge is 0.258 e. The van der Waals surface area contributed by atoms with Crippen LogP contribution in [0.3, 0.4) is 0 Å². The lowest BCUT2D eigenvalue weighted by atomic mass is 10.1. The molecule has 1 aromatic carbocycles. The number of carbonyl (C=O) groups excluding carboxylic acids is 1. The quantitative estimate of drug-likeness (QED) is 0.529. The van der Waals surface area contributed by atoms with Gasteiger partial charge in [0.2, 0.25) is 0 Å². The third-order valence-corrected chi connectivity index (χ3v) is 6.45. The summed E-state index contributed by atoms with van der Waals surface area (Å²) in [5.41, 5.74) is 1.61. The summed E-state index contributed by atoms with van der Waals surface area (Å²) in [6, 6.07) is 5.28. The molecule has 7 nitrogen and oxygen atoms in total. The first-order chi connectivity index (χ1) is 14.5. The minimum atomic E-state index is -0.236. The van der Waals surface area contributed by atoms with Crippen molar-refractivity contribution in [1.82, 2.24) is 15.3 Å². The molecule has 1 saturated carbocycles. The molecule has 1 aliphatic rings. The van der Waals surface area contributed by atoms with Gasteiger partial charge >= 0.3 is 0 Å². The maximum Gasteiger partial charge on any atom is 0.258 e. The number of nitrogens with zero attached hydrogens (tertiary/aromatic N) is 2. The van der Waals surface area contributed by atoms with Crippen LogP contribution in [0.2, 0.25) is 0 Å². The molecule has 1 aliphatic carbocycles. The van der Waals surface area contributed by atoms with Crippen LogP contribution in [0.1, 0.15) is 45.4 Å². The summed E-state index contributed by atoms with van der Waals surface area (Å²) in [4.78, 5) is 24.6. The summed E-state index contributed by atoms with van der Waals surface area (Å²) in [6.45, 7) is 5.21. The molecule has 0 spiro atoms. The van der Waals surface area contributed by atoms with Crippen molar-refractivity contribution in [2.24, 2.45) is 0 Å². The molecule has 8 heteroatoms. The molecule has 0 bridgehead atoms. The molecule has 1 amide bonds. The minimum absolute atomic E-state index is 0.236. The van der Waals surface area contributed by atoms with Crippen molar-refractivity contribution in [1.29, 1.82) is 0 Å². The van der Waals surface area contributed by atoms with E-state index in [0.717, 1.165) is 34.7 Å². The van der Waals surface area contributed by atoms with E-state index in [1.165, 1.54) is 24.7 Å². The summed E-state index contributed by atoms with van der Waals surface area (Å²) in [5.74, 6) is 2.99. The van der Waals surface area contributed by atoms with Gasteiger partial charge in [0.25, 0.3) is 5.91 Å². The van der Waals surface area contributed by atoms with Crippen molar-refractivity contribution in [2.45, 2.75) is 32.6 Å². The van der Waals surface area contributed by atoms with E-state index >= 15 is 0 Å². The number of nitrogens with one attached hydrogen (secondary N) is 2. The van der Waals surface area contributed by atoms with Gasteiger partial charge in [0.1, 0.15) is 33.5 Å². The van der Waals surface area contributed by atoms with Crippen LogP contribution in [0.15, 0.2) is 18.2 Å². The number of hydrogen-bond acceptors (Lipinski definition) is 7. The van der Waals surface area contributed by atoms with Crippen molar-refractivity contribution < 1.29 is 14.3 Å². The largest absolute Gasteiger partial charge is 0.496 e. The molecule has 158 valence electrons. The molecule has 0 unspecified atom stereocenters. The van der Waals surface area contributed by atoms with E-state index in [9.17, 15) is 4.79 Å². The zero-order valence-corrected chi connectivity index (χ0v) is 18.5. The first-order valence-electron chi connectivity index (χ1n) is 10.0. The van der Waals surface area contributed by atoms with Gasteiger partial charge in [0.15, 0.2) is 0 Å². The predicted octanol–water partition coefficient (Wildman–Crippen LogP) is 4.04. The fraction of sp³-hybridized carbons (Fsp3) is 0.409. The molecule has 3 aromatic rings. The topological polar surface area (TPSA) is 85.4 Å². The second-order valence-corrected chi connectivity index (χ2v) is 8.59. The van der Waals surface area contributed by atoms with Crippen LogP contribution in [0.25, 0.3) is 10.2 Å². The van der Waals surface area contributed by atoms with Gasteiger partial charge in [0.05, 0.1) is 19.6 Å². The number of benzene rings is 1. The van der Waals surface area contributed by atoms with Crippen LogP contribution in [0, 0.1) is 13.8 Å². The maximum absolute atomic E-state index is 12.7. The normalized spacial score (nSPS) is 13.3. The molecule has 0 radical (unpaired) electrons. The Labute approximate surface area is 179 Å². The van der Waals surface area contributed by atoms with Gasteiger partial charge in [-0.15, -0.1) is 11.3 Å². The zero-order valence-electron chi connectivity index (χ0n) is 17.7. The number of thiophene rings is 1. The number of fused-ring (bicyclic) bond motifs is 1. The molecule has 0 saturated heterocycles. The van der Waals surface area contributed by atoms with Gasteiger partial charge < -0.3 is 20.1 Å². The first kappa shape index (κ1) is 20.4. The number of anilines is 1. The lowest BCUT2D eigenvalue weighted by Crippen LogP contribution is -2.29. The molecule has 2 N–H and O–H groups in total. The van der Waals surface area contributed by atoms with E-state index < -0.39 is 0 Å². The Kier molecular flexibility index (Phi) is 5.76. The summed E-state index contributed by atoms with van der Waals surface area (Å²) >= 11 is 1.71. The molecule has 2 heterocycles. The third kappa shape index (κ3) is 3.92. The second-order valence-electron chi connectivity index (χ2n) is 7.39. The Hall–Kier alpha value is -2.87. The summed E-state index contributed by atoms with van der Waals surface area (Å²) in [6.07, 6.45) is 2.32. The van der Waals surface area contributed by atoms with Crippen LogP contribution in [0.5, 0.6) is 11.5 Å². The SMILES string of the molecule is COc1cccc(OC)c1C(=O)NCCNc1nc(C2CC2)nc2sc(C)c(C)c12. The molecular weight excluding hydrogens is 400 g/mol. The highest BCUT2D eigenvalue weighted by molar-refractivity contribution is 7.18. The fourth-order valence-corrected chi connectivity index (χ4v) is 4.47. The number of rotatable bonds is 8. The Morgan fingerprint density at radius 3 is 2.47 bits per heavy atom. The highest BCUT2D eigenvalue weighted by Gasteiger charge is 2.28. The van der Waals surface area contributed by atoms with Crippen LogP contribution in [-0.2, 0) is 0 Å². The molecular formula is C22H26N4O3S. The Morgan fingerprint density at radius 1 is 1.13 bits per heavy atom. The van der Waals surface area contributed by atoms with Crippen LogP contribution >= 0.6 is 11.3 Å². The van der Waals surface area contributed by atoms with E-state index in [1.54, 1.807) is 29.5 Å². The van der Waals surface area contributed by atoms with Gasteiger partial charge in [-0.3, -0.25) is 4.79 Å².